The lowest BCUT2D eigenvalue weighted by atomic mass is 10.2. The van der Waals surface area contributed by atoms with Crippen molar-refractivity contribution in [1.82, 2.24) is 15.0 Å². The molecule has 0 atom stereocenters. The highest BCUT2D eigenvalue weighted by Gasteiger charge is 2.44. The zero-order valence-corrected chi connectivity index (χ0v) is 10.8. The van der Waals surface area contributed by atoms with Gasteiger partial charge in [0.2, 0.25) is 5.82 Å². The second-order valence-corrected chi connectivity index (χ2v) is 5.77. The molecule has 7 N–H and O–H groups in total. The Morgan fingerprint density at radius 1 is 1.47 bits per heavy atom. The molecule has 1 aromatic heterocycles. The zero-order valence-electron chi connectivity index (χ0n) is 10.0. The first-order valence-electron chi connectivity index (χ1n) is 5.54. The van der Waals surface area contributed by atoms with Crippen LogP contribution < -0.4 is 20.9 Å². The van der Waals surface area contributed by atoms with Gasteiger partial charge in [0.25, 0.3) is 10.2 Å². The fourth-order valence-electron chi connectivity index (χ4n) is 1.76. The zero-order chi connectivity index (χ0) is 14.1. The molecule has 1 fully saturated rings. The van der Waals surface area contributed by atoms with Crippen LogP contribution in [0.5, 0.6) is 0 Å². The Bertz CT molecular complexity index is 577. The van der Waals surface area contributed by atoms with Crippen molar-refractivity contribution < 1.29 is 13.0 Å². The van der Waals surface area contributed by atoms with Gasteiger partial charge in [-0.3, -0.25) is 5.41 Å². The Kier molecular flexibility index (Phi) is 3.43. The van der Waals surface area contributed by atoms with Gasteiger partial charge in [0.05, 0.1) is 0 Å². The molecule has 0 saturated heterocycles. The van der Waals surface area contributed by atoms with Crippen molar-refractivity contribution in [2.24, 2.45) is 10.9 Å². The van der Waals surface area contributed by atoms with Crippen LogP contribution in [0.3, 0.4) is 0 Å². The van der Waals surface area contributed by atoms with Gasteiger partial charge < -0.3 is 11.1 Å². The van der Waals surface area contributed by atoms with E-state index in [0.717, 1.165) is 12.8 Å². The summed E-state index contributed by atoms with van der Waals surface area (Å²) in [4.78, 5) is 0. The van der Waals surface area contributed by atoms with E-state index in [2.05, 4.69) is 25.0 Å². The molecule has 0 aromatic carbocycles. The van der Waals surface area contributed by atoms with Crippen LogP contribution in [0.2, 0.25) is 0 Å². The third-order valence-corrected chi connectivity index (χ3v) is 3.57. The van der Waals surface area contributed by atoms with E-state index in [4.69, 9.17) is 16.3 Å². The number of amidine groups is 1. The normalized spacial score (nSPS) is 17.1. The molecule has 1 aliphatic carbocycles. The molecule has 0 amide bonds. The molecule has 0 spiro atoms. The topological polar surface area (TPSA) is 173 Å². The largest absolute Gasteiger partial charge is 0.382 e. The summed E-state index contributed by atoms with van der Waals surface area (Å²) < 4.78 is 28.9. The number of hydrogen-bond donors (Lipinski definition) is 5. The van der Waals surface area contributed by atoms with Gasteiger partial charge in [-0.2, -0.15) is 13.1 Å². The van der Waals surface area contributed by atoms with Crippen LogP contribution >= 0.6 is 0 Å². The highest BCUT2D eigenvalue weighted by atomic mass is 32.2. The number of nitrogens with two attached hydrogens (primary N) is 2. The molecule has 1 aliphatic rings. The predicted molar refractivity (Wildman–Crippen MR) is 66.6 cm³/mol. The maximum Gasteiger partial charge on any atom is 0.274 e. The van der Waals surface area contributed by atoms with E-state index < -0.39 is 15.7 Å². The van der Waals surface area contributed by atoms with Crippen molar-refractivity contribution >= 4 is 21.9 Å². The first kappa shape index (κ1) is 13.7. The van der Waals surface area contributed by atoms with Crippen molar-refractivity contribution in [1.29, 1.82) is 5.41 Å². The van der Waals surface area contributed by atoms with Crippen molar-refractivity contribution in [2.75, 3.05) is 11.9 Å². The molecular weight excluding hydrogens is 274 g/mol. The smallest absolute Gasteiger partial charge is 0.274 e. The molecule has 1 saturated carbocycles. The Balaban J connectivity index is 1.87. The summed E-state index contributed by atoms with van der Waals surface area (Å²) in [5.74, 6) is 0.00597. The van der Waals surface area contributed by atoms with Gasteiger partial charge in [-0.05, 0) is 29.6 Å². The molecule has 2 rings (SSSR count). The van der Waals surface area contributed by atoms with Crippen LogP contribution in [0.4, 0.5) is 5.82 Å². The lowest BCUT2D eigenvalue weighted by Gasteiger charge is -2.15. The van der Waals surface area contributed by atoms with E-state index in [1.807, 2.05) is 0 Å². The van der Waals surface area contributed by atoms with Gasteiger partial charge in [-0.15, -0.1) is 0 Å². The number of aromatic nitrogens is 2. The van der Waals surface area contributed by atoms with Gasteiger partial charge in [0.15, 0.2) is 5.69 Å². The van der Waals surface area contributed by atoms with E-state index in [-0.39, 0.29) is 17.3 Å². The molecule has 19 heavy (non-hydrogen) atoms. The molecule has 1 heterocycles. The van der Waals surface area contributed by atoms with Crippen molar-refractivity contribution in [3.63, 3.8) is 0 Å². The fourth-order valence-corrected chi connectivity index (χ4v) is 2.67. The van der Waals surface area contributed by atoms with Crippen molar-refractivity contribution in [3.8, 4) is 0 Å². The lowest BCUT2D eigenvalue weighted by Crippen LogP contribution is -2.42. The summed E-state index contributed by atoms with van der Waals surface area (Å²) in [5.41, 5.74) is 4.94. The number of rotatable bonds is 7. The number of nitrogen functional groups attached to an aromatic ring is 1. The Hall–Kier alpha value is -1.72. The van der Waals surface area contributed by atoms with Crippen molar-refractivity contribution in [2.45, 2.75) is 24.8 Å². The summed E-state index contributed by atoms with van der Waals surface area (Å²) >= 11 is 0. The quantitative estimate of drug-likeness (QED) is 0.299. The third-order valence-electron chi connectivity index (χ3n) is 2.85. The number of anilines is 1. The predicted octanol–water partition coefficient (Wildman–Crippen LogP) is -1.52. The minimum Gasteiger partial charge on any atom is -0.382 e. The third kappa shape index (κ3) is 3.62. The van der Waals surface area contributed by atoms with Gasteiger partial charge in [0.1, 0.15) is 5.84 Å². The molecule has 0 unspecified atom stereocenters. The summed E-state index contributed by atoms with van der Waals surface area (Å²) in [6, 6.07) is 0. The molecule has 10 nitrogen and oxygen atoms in total. The van der Waals surface area contributed by atoms with Gasteiger partial charge in [-0.25, -0.2) is 9.77 Å². The second kappa shape index (κ2) is 4.75. The summed E-state index contributed by atoms with van der Waals surface area (Å²) in [7, 11) is -3.70. The van der Waals surface area contributed by atoms with Crippen LogP contribution in [0, 0.1) is 5.41 Å². The number of nitrogens with zero attached hydrogens (tertiary/aromatic N) is 2. The summed E-state index contributed by atoms with van der Waals surface area (Å²) in [5, 5.41) is 22.1. The van der Waals surface area contributed by atoms with E-state index in [0.29, 0.717) is 13.0 Å². The van der Waals surface area contributed by atoms with E-state index in [1.54, 1.807) is 0 Å². The first-order chi connectivity index (χ1) is 8.81. The van der Waals surface area contributed by atoms with Crippen LogP contribution in [0.15, 0.2) is 4.63 Å². The van der Waals surface area contributed by atoms with E-state index in [9.17, 15) is 8.42 Å². The second-order valence-electron chi connectivity index (χ2n) is 4.48. The average molecular weight is 289 g/mol. The average Bonchev–Trinajstić information content (AvgIpc) is 2.85. The van der Waals surface area contributed by atoms with Crippen LogP contribution in [0.1, 0.15) is 25.0 Å². The number of nitrogens with one attached hydrogen (secondary N) is 3. The standard InChI is InChI=1S/C8H15N7O3S/c9-6(10)5-7(14-18-13-5)12-4-3-8(1-2-8)15-19(11,16)17/h15H,1-4H2,(H3,9,10)(H,12,14)(H2,11,16,17). The molecule has 0 aliphatic heterocycles. The maximum atomic E-state index is 11.0. The lowest BCUT2D eigenvalue weighted by molar-refractivity contribution is 0.307. The molecule has 0 radical (unpaired) electrons. The minimum absolute atomic E-state index is 0.129. The molecular formula is C8H15N7O3S. The minimum atomic E-state index is -3.70. The van der Waals surface area contributed by atoms with Crippen molar-refractivity contribution in [3.05, 3.63) is 5.69 Å². The van der Waals surface area contributed by atoms with Gasteiger partial charge in [0, 0.05) is 12.1 Å². The van der Waals surface area contributed by atoms with E-state index in [1.165, 1.54) is 0 Å². The van der Waals surface area contributed by atoms with Crippen LogP contribution in [-0.4, -0.2) is 36.7 Å². The highest BCUT2D eigenvalue weighted by Crippen LogP contribution is 2.38. The summed E-state index contributed by atoms with van der Waals surface area (Å²) in [6.45, 7) is 0.428. The maximum absolute atomic E-state index is 11.0. The summed E-state index contributed by atoms with van der Waals surface area (Å²) in [6.07, 6.45) is 2.01. The monoisotopic (exact) mass is 289 g/mol. The molecule has 11 heteroatoms. The highest BCUT2D eigenvalue weighted by molar-refractivity contribution is 7.87. The molecule has 106 valence electrons. The van der Waals surface area contributed by atoms with Crippen LogP contribution in [0.25, 0.3) is 0 Å². The Morgan fingerprint density at radius 3 is 2.68 bits per heavy atom. The molecule has 0 bridgehead atoms. The Labute approximate surface area is 109 Å². The van der Waals surface area contributed by atoms with Gasteiger partial charge in [-0.1, -0.05) is 0 Å². The fraction of sp³-hybridized carbons (Fsp3) is 0.625. The Morgan fingerprint density at radius 2 is 2.16 bits per heavy atom. The van der Waals surface area contributed by atoms with Crippen LogP contribution in [-0.2, 0) is 10.2 Å². The van der Waals surface area contributed by atoms with E-state index >= 15 is 0 Å². The van der Waals surface area contributed by atoms with Gasteiger partial charge >= 0.3 is 0 Å². The molecule has 1 aromatic rings. The SMILES string of the molecule is N=C(N)c1nonc1NCCC1(NS(N)(=O)=O)CC1. The first-order valence-corrected chi connectivity index (χ1v) is 7.08. The number of hydrogen-bond acceptors (Lipinski definition) is 7.